The van der Waals surface area contributed by atoms with Crippen LogP contribution in [0.2, 0.25) is 0 Å². The molecular formula is C23H29N3O4. The van der Waals surface area contributed by atoms with E-state index in [1.165, 1.54) is 0 Å². The topological polar surface area (TPSA) is 73.7 Å². The molecule has 0 spiro atoms. The molecule has 7 heteroatoms. The number of aromatic nitrogens is 2. The van der Waals surface area contributed by atoms with Crippen LogP contribution in [0.1, 0.15) is 38.6 Å². The van der Waals surface area contributed by atoms with Crippen molar-refractivity contribution < 1.29 is 19.1 Å². The molecule has 1 aliphatic heterocycles. The monoisotopic (exact) mass is 411 g/mol. The third-order valence-corrected chi connectivity index (χ3v) is 6.05. The Labute approximate surface area is 176 Å². The number of allylic oxidation sites excluding steroid dienone is 2. The van der Waals surface area contributed by atoms with E-state index in [1.807, 2.05) is 24.3 Å². The molecule has 0 radical (unpaired) electrons. The molecule has 2 aliphatic rings. The van der Waals surface area contributed by atoms with E-state index in [0.29, 0.717) is 25.5 Å². The van der Waals surface area contributed by atoms with E-state index in [2.05, 4.69) is 16.7 Å². The SMILES string of the molecule is CCOC(=O)[C@H]1C(=O)N(CCCOC)c2nc3ccccc3n2[C@H]1[C@@H]1CC=CCC1. The highest BCUT2D eigenvalue weighted by Crippen LogP contribution is 2.44. The molecule has 1 aromatic carbocycles. The van der Waals surface area contributed by atoms with Gasteiger partial charge in [-0.15, -0.1) is 0 Å². The quantitative estimate of drug-likeness (QED) is 0.302. The fourth-order valence-corrected chi connectivity index (χ4v) is 4.74. The molecule has 30 heavy (non-hydrogen) atoms. The lowest BCUT2D eigenvalue weighted by Gasteiger charge is -2.41. The lowest BCUT2D eigenvalue weighted by Crippen LogP contribution is -2.52. The van der Waals surface area contributed by atoms with Crippen molar-refractivity contribution in [3.8, 4) is 0 Å². The summed E-state index contributed by atoms with van der Waals surface area (Å²) in [5.41, 5.74) is 1.78. The Bertz CT molecular complexity index is 951. The molecule has 0 saturated carbocycles. The van der Waals surface area contributed by atoms with E-state index >= 15 is 0 Å². The van der Waals surface area contributed by atoms with E-state index in [0.717, 1.165) is 30.3 Å². The summed E-state index contributed by atoms with van der Waals surface area (Å²) in [4.78, 5) is 33.2. The Balaban J connectivity index is 1.86. The highest BCUT2D eigenvalue weighted by molar-refractivity contribution is 6.08. The van der Waals surface area contributed by atoms with E-state index in [-0.39, 0.29) is 24.5 Å². The average Bonchev–Trinajstić information content (AvgIpc) is 3.14. The van der Waals surface area contributed by atoms with Crippen molar-refractivity contribution in [3.05, 3.63) is 36.4 Å². The van der Waals surface area contributed by atoms with Gasteiger partial charge in [0, 0.05) is 20.3 Å². The van der Waals surface area contributed by atoms with E-state index < -0.39 is 11.9 Å². The van der Waals surface area contributed by atoms with Crippen molar-refractivity contribution in [3.63, 3.8) is 0 Å². The van der Waals surface area contributed by atoms with Crippen molar-refractivity contribution in [2.75, 3.05) is 31.8 Å². The number of benzene rings is 1. The largest absolute Gasteiger partial charge is 0.465 e. The third kappa shape index (κ3) is 3.62. The van der Waals surface area contributed by atoms with Crippen molar-refractivity contribution >= 4 is 28.9 Å². The van der Waals surface area contributed by atoms with E-state index in [9.17, 15) is 9.59 Å². The highest BCUT2D eigenvalue weighted by atomic mass is 16.5. The zero-order valence-corrected chi connectivity index (χ0v) is 17.6. The summed E-state index contributed by atoms with van der Waals surface area (Å²) in [6.45, 7) is 3.01. The second-order valence-corrected chi connectivity index (χ2v) is 7.87. The van der Waals surface area contributed by atoms with Gasteiger partial charge < -0.3 is 14.0 Å². The van der Waals surface area contributed by atoms with Gasteiger partial charge in [-0.3, -0.25) is 14.5 Å². The Morgan fingerprint density at radius 3 is 2.83 bits per heavy atom. The molecule has 4 rings (SSSR count). The normalized spacial score (nSPS) is 23.6. The Morgan fingerprint density at radius 2 is 2.10 bits per heavy atom. The number of imidazole rings is 1. The highest BCUT2D eigenvalue weighted by Gasteiger charge is 2.49. The van der Waals surface area contributed by atoms with Gasteiger partial charge in [0.15, 0.2) is 5.92 Å². The number of amides is 1. The van der Waals surface area contributed by atoms with Crippen molar-refractivity contribution in [1.82, 2.24) is 9.55 Å². The summed E-state index contributed by atoms with van der Waals surface area (Å²) < 4.78 is 12.7. The van der Waals surface area contributed by atoms with Crippen LogP contribution in [0.3, 0.4) is 0 Å². The predicted molar refractivity (Wildman–Crippen MR) is 114 cm³/mol. The first kappa shape index (κ1) is 20.6. The minimum absolute atomic E-state index is 0.172. The molecular weight excluding hydrogens is 382 g/mol. The van der Waals surface area contributed by atoms with Crippen molar-refractivity contribution in [2.24, 2.45) is 11.8 Å². The Kier molecular flexibility index (Phi) is 6.18. The molecule has 0 bridgehead atoms. The fraction of sp³-hybridized carbons (Fsp3) is 0.522. The average molecular weight is 412 g/mol. The first-order chi connectivity index (χ1) is 14.7. The number of para-hydroxylation sites is 2. The van der Waals surface area contributed by atoms with Gasteiger partial charge in [-0.2, -0.15) is 0 Å². The molecule has 0 fully saturated rings. The van der Waals surface area contributed by atoms with Crippen LogP contribution in [0, 0.1) is 11.8 Å². The number of carbonyl (C=O) groups excluding carboxylic acids is 2. The molecule has 1 aromatic heterocycles. The zero-order chi connectivity index (χ0) is 21.1. The number of hydrogen-bond acceptors (Lipinski definition) is 5. The molecule has 1 amide bonds. The first-order valence-electron chi connectivity index (χ1n) is 10.8. The number of methoxy groups -OCH3 is 1. The second-order valence-electron chi connectivity index (χ2n) is 7.87. The fourth-order valence-electron chi connectivity index (χ4n) is 4.74. The van der Waals surface area contributed by atoms with Gasteiger partial charge in [-0.25, -0.2) is 4.98 Å². The lowest BCUT2D eigenvalue weighted by molar-refractivity contribution is -0.155. The van der Waals surface area contributed by atoms with Gasteiger partial charge in [0.25, 0.3) is 0 Å². The van der Waals surface area contributed by atoms with Crippen LogP contribution >= 0.6 is 0 Å². The minimum Gasteiger partial charge on any atom is -0.465 e. The molecule has 7 nitrogen and oxygen atoms in total. The van der Waals surface area contributed by atoms with Gasteiger partial charge in [-0.1, -0.05) is 24.3 Å². The summed E-state index contributed by atoms with van der Waals surface area (Å²) in [7, 11) is 1.64. The van der Waals surface area contributed by atoms with Gasteiger partial charge in [0.05, 0.1) is 23.7 Å². The standard InChI is InChI=1S/C23H29N3O4/c1-3-30-22(28)19-20(16-10-5-4-6-11-16)26-18-13-8-7-12-17(18)24-23(26)25(21(19)27)14-9-15-29-2/h4-5,7-8,12-13,16,19-20H,3,6,9-11,14-15H2,1-2H3/t16-,19-,20+/m1/s1. The summed E-state index contributed by atoms with van der Waals surface area (Å²) in [5, 5.41) is 0. The van der Waals surface area contributed by atoms with Crippen LogP contribution in [0.4, 0.5) is 5.95 Å². The number of hydrogen-bond donors (Lipinski definition) is 0. The molecule has 0 saturated heterocycles. The smallest absolute Gasteiger partial charge is 0.320 e. The lowest BCUT2D eigenvalue weighted by atomic mass is 9.79. The predicted octanol–water partition coefficient (Wildman–Crippen LogP) is 3.50. The van der Waals surface area contributed by atoms with Crippen LogP contribution in [0.15, 0.2) is 36.4 Å². The minimum atomic E-state index is -0.867. The number of anilines is 1. The van der Waals surface area contributed by atoms with E-state index in [4.69, 9.17) is 14.5 Å². The van der Waals surface area contributed by atoms with Crippen LogP contribution in [0.25, 0.3) is 11.0 Å². The van der Waals surface area contributed by atoms with E-state index in [1.54, 1.807) is 18.9 Å². The van der Waals surface area contributed by atoms with Crippen LogP contribution in [-0.4, -0.2) is 48.3 Å². The molecule has 0 unspecified atom stereocenters. The molecule has 1 aliphatic carbocycles. The van der Waals surface area contributed by atoms with Gasteiger partial charge >= 0.3 is 5.97 Å². The first-order valence-corrected chi connectivity index (χ1v) is 10.8. The van der Waals surface area contributed by atoms with Gasteiger partial charge in [-0.05, 0) is 50.7 Å². The number of nitrogens with zero attached hydrogens (tertiary/aromatic N) is 3. The van der Waals surface area contributed by atoms with Gasteiger partial charge in [0.2, 0.25) is 11.9 Å². The second kappa shape index (κ2) is 9.00. The molecule has 0 N–H and O–H groups in total. The van der Waals surface area contributed by atoms with Gasteiger partial charge in [0.1, 0.15) is 0 Å². The maximum absolute atomic E-state index is 13.6. The third-order valence-electron chi connectivity index (χ3n) is 6.05. The maximum Gasteiger partial charge on any atom is 0.320 e. The van der Waals surface area contributed by atoms with Crippen LogP contribution < -0.4 is 4.90 Å². The summed E-state index contributed by atoms with van der Waals surface area (Å²) in [5.74, 6) is -0.730. The number of rotatable bonds is 7. The Morgan fingerprint density at radius 1 is 1.27 bits per heavy atom. The zero-order valence-electron chi connectivity index (χ0n) is 17.6. The molecule has 2 heterocycles. The van der Waals surface area contributed by atoms with Crippen LogP contribution in [-0.2, 0) is 19.1 Å². The number of fused-ring (bicyclic) bond motifs is 3. The van der Waals surface area contributed by atoms with Crippen molar-refractivity contribution in [1.29, 1.82) is 0 Å². The number of ether oxygens (including phenoxy) is 2. The van der Waals surface area contributed by atoms with Crippen molar-refractivity contribution in [2.45, 2.75) is 38.6 Å². The number of esters is 1. The summed E-state index contributed by atoms with van der Waals surface area (Å²) in [6.07, 6.45) is 7.71. The maximum atomic E-state index is 13.6. The summed E-state index contributed by atoms with van der Waals surface area (Å²) in [6, 6.07) is 7.58. The van der Waals surface area contributed by atoms with Crippen LogP contribution in [0.5, 0.6) is 0 Å². The molecule has 3 atom stereocenters. The Hall–Kier alpha value is -2.67. The molecule has 160 valence electrons. The summed E-state index contributed by atoms with van der Waals surface area (Å²) >= 11 is 0. The number of carbonyl (C=O) groups is 2. The molecule has 2 aromatic rings.